The summed E-state index contributed by atoms with van der Waals surface area (Å²) in [5.74, 6) is 0. The van der Waals surface area contributed by atoms with Gasteiger partial charge >= 0.3 is 6.09 Å². The van der Waals surface area contributed by atoms with Crippen LogP contribution in [-0.4, -0.2) is 36.6 Å². The van der Waals surface area contributed by atoms with Crippen molar-refractivity contribution in [2.75, 3.05) is 0 Å². The number of hydrogen-bond donors (Lipinski definition) is 1. The normalized spacial score (nSPS) is 20.8. The van der Waals surface area contributed by atoms with Gasteiger partial charge in [0, 0.05) is 11.1 Å². The third kappa shape index (κ3) is 4.10. The largest absolute Gasteiger partial charge is 0.465 e. The fraction of sp³-hybridized carbons (Fsp3) is 0.650. The molecular formula is C20H32ClNO3Si. The van der Waals surface area contributed by atoms with E-state index < -0.39 is 14.4 Å². The Labute approximate surface area is 163 Å². The molecule has 1 aromatic carbocycles. The SMILES string of the molecule is CC(C)N(C(=O)O)[C@H]1c2c(Cl)cccc2CC[C@H]1O[Si](C)(C)C(C)(C)C. The molecule has 1 N–H and O–H groups in total. The summed E-state index contributed by atoms with van der Waals surface area (Å²) in [5.41, 5.74) is 2.05. The van der Waals surface area contributed by atoms with Crippen molar-refractivity contribution in [3.8, 4) is 0 Å². The quantitative estimate of drug-likeness (QED) is 0.624. The number of nitrogens with zero attached hydrogens (tertiary/aromatic N) is 1. The number of carbonyl (C=O) groups is 1. The summed E-state index contributed by atoms with van der Waals surface area (Å²) in [6, 6.07) is 5.30. The molecule has 0 heterocycles. The van der Waals surface area contributed by atoms with Crippen LogP contribution in [0, 0.1) is 0 Å². The van der Waals surface area contributed by atoms with Gasteiger partial charge in [0.1, 0.15) is 0 Å². The summed E-state index contributed by atoms with van der Waals surface area (Å²) in [6.07, 6.45) is 0.557. The highest BCUT2D eigenvalue weighted by atomic mass is 35.5. The Balaban J connectivity index is 2.54. The molecule has 0 spiro atoms. The van der Waals surface area contributed by atoms with E-state index >= 15 is 0 Å². The second-order valence-electron chi connectivity index (χ2n) is 9.00. The zero-order valence-corrected chi connectivity index (χ0v) is 18.7. The van der Waals surface area contributed by atoms with Crippen LogP contribution >= 0.6 is 11.6 Å². The van der Waals surface area contributed by atoms with Crippen molar-refractivity contribution < 1.29 is 14.3 Å². The fourth-order valence-corrected chi connectivity index (χ4v) is 5.09. The number of benzene rings is 1. The number of aryl methyl sites for hydroxylation is 1. The molecule has 6 heteroatoms. The Morgan fingerprint density at radius 2 is 1.96 bits per heavy atom. The first-order valence-electron chi connectivity index (χ1n) is 9.33. The molecule has 146 valence electrons. The molecule has 0 bridgehead atoms. The Morgan fingerprint density at radius 3 is 2.46 bits per heavy atom. The van der Waals surface area contributed by atoms with Crippen molar-refractivity contribution in [1.82, 2.24) is 4.90 Å². The molecule has 1 amide bonds. The van der Waals surface area contributed by atoms with Crippen LogP contribution in [-0.2, 0) is 10.8 Å². The maximum Gasteiger partial charge on any atom is 0.408 e. The minimum absolute atomic E-state index is 0.0597. The van der Waals surface area contributed by atoms with Crippen LogP contribution in [0.2, 0.25) is 23.2 Å². The van der Waals surface area contributed by atoms with E-state index in [4.69, 9.17) is 16.0 Å². The van der Waals surface area contributed by atoms with E-state index in [1.807, 2.05) is 26.0 Å². The maximum atomic E-state index is 12.1. The van der Waals surface area contributed by atoms with E-state index in [-0.39, 0.29) is 23.2 Å². The van der Waals surface area contributed by atoms with E-state index in [9.17, 15) is 9.90 Å². The van der Waals surface area contributed by atoms with Crippen molar-refractivity contribution in [2.45, 2.75) is 83.8 Å². The minimum Gasteiger partial charge on any atom is -0.465 e. The molecule has 0 aliphatic heterocycles. The zero-order valence-electron chi connectivity index (χ0n) is 17.0. The van der Waals surface area contributed by atoms with E-state index in [0.29, 0.717) is 5.02 Å². The zero-order chi connectivity index (χ0) is 19.9. The van der Waals surface area contributed by atoms with Gasteiger partial charge in [0.2, 0.25) is 0 Å². The van der Waals surface area contributed by atoms with Gasteiger partial charge in [-0.3, -0.25) is 4.90 Å². The highest BCUT2D eigenvalue weighted by molar-refractivity contribution is 6.74. The molecular weight excluding hydrogens is 366 g/mol. The molecule has 1 aliphatic carbocycles. The van der Waals surface area contributed by atoms with Crippen LogP contribution in [0.15, 0.2) is 18.2 Å². The smallest absolute Gasteiger partial charge is 0.408 e. The van der Waals surface area contributed by atoms with E-state index in [2.05, 4.69) is 39.9 Å². The van der Waals surface area contributed by atoms with E-state index in [1.54, 1.807) is 0 Å². The molecule has 26 heavy (non-hydrogen) atoms. The standard InChI is InChI=1S/C20H32ClNO3Si/c1-13(2)22(19(23)24)18-16(25-26(6,7)20(3,4)5)12-11-14-9-8-10-15(21)17(14)18/h8-10,13,16,18H,11-12H2,1-7H3,(H,23,24)/t16-,18-/m1/s1. The number of carboxylic acid groups (broad SMARTS) is 1. The molecule has 0 saturated heterocycles. The lowest BCUT2D eigenvalue weighted by Crippen LogP contribution is -2.52. The van der Waals surface area contributed by atoms with Crippen LogP contribution in [0.3, 0.4) is 0 Å². The highest BCUT2D eigenvalue weighted by Gasteiger charge is 2.45. The van der Waals surface area contributed by atoms with Crippen molar-refractivity contribution in [1.29, 1.82) is 0 Å². The number of amides is 1. The maximum absolute atomic E-state index is 12.1. The lowest BCUT2D eigenvalue weighted by atomic mass is 9.84. The van der Waals surface area contributed by atoms with Gasteiger partial charge in [-0.05, 0) is 62.0 Å². The van der Waals surface area contributed by atoms with Gasteiger partial charge in [-0.1, -0.05) is 44.5 Å². The van der Waals surface area contributed by atoms with Crippen LogP contribution in [0.1, 0.15) is 58.2 Å². The lowest BCUT2D eigenvalue weighted by Gasteiger charge is -2.47. The lowest BCUT2D eigenvalue weighted by molar-refractivity contribution is 0.0299. The molecule has 1 aliphatic rings. The molecule has 2 atom stereocenters. The van der Waals surface area contributed by atoms with Crippen molar-refractivity contribution >= 4 is 26.0 Å². The Hall–Kier alpha value is -1.04. The summed E-state index contributed by atoms with van der Waals surface area (Å²) in [6.45, 7) is 14.9. The topological polar surface area (TPSA) is 49.8 Å². The van der Waals surface area contributed by atoms with Gasteiger partial charge in [0.25, 0.3) is 0 Å². The van der Waals surface area contributed by atoms with Crippen LogP contribution in [0.5, 0.6) is 0 Å². The van der Waals surface area contributed by atoms with Gasteiger partial charge in [-0.15, -0.1) is 0 Å². The average molecular weight is 398 g/mol. The first-order valence-corrected chi connectivity index (χ1v) is 12.6. The predicted molar refractivity (Wildman–Crippen MR) is 110 cm³/mol. The third-order valence-electron chi connectivity index (χ3n) is 5.82. The predicted octanol–water partition coefficient (Wildman–Crippen LogP) is 6.11. The highest BCUT2D eigenvalue weighted by Crippen LogP contribution is 2.45. The minimum atomic E-state index is -2.05. The molecule has 0 fully saturated rings. The first kappa shape index (κ1) is 21.3. The van der Waals surface area contributed by atoms with Gasteiger partial charge in [-0.25, -0.2) is 4.79 Å². The van der Waals surface area contributed by atoms with Gasteiger partial charge in [-0.2, -0.15) is 0 Å². The molecule has 0 aromatic heterocycles. The Morgan fingerprint density at radius 1 is 1.35 bits per heavy atom. The molecule has 1 aromatic rings. The van der Waals surface area contributed by atoms with Gasteiger partial charge in [0.15, 0.2) is 8.32 Å². The summed E-state index contributed by atoms with van der Waals surface area (Å²) < 4.78 is 6.72. The number of halogens is 1. The number of rotatable bonds is 4. The Kier molecular flexibility index (Phi) is 6.15. The van der Waals surface area contributed by atoms with Crippen LogP contribution < -0.4 is 0 Å². The van der Waals surface area contributed by atoms with Gasteiger partial charge in [0.05, 0.1) is 12.1 Å². The molecule has 0 radical (unpaired) electrons. The second-order valence-corrected chi connectivity index (χ2v) is 14.2. The summed E-state index contributed by atoms with van der Waals surface area (Å²) in [5, 5.41) is 10.6. The summed E-state index contributed by atoms with van der Waals surface area (Å²) in [4.78, 5) is 13.6. The molecule has 4 nitrogen and oxygen atoms in total. The summed E-state index contributed by atoms with van der Waals surface area (Å²) in [7, 11) is -2.05. The first-order chi connectivity index (χ1) is 11.9. The fourth-order valence-electron chi connectivity index (χ4n) is 3.43. The van der Waals surface area contributed by atoms with E-state index in [0.717, 1.165) is 24.0 Å². The van der Waals surface area contributed by atoms with Gasteiger partial charge < -0.3 is 9.53 Å². The Bertz CT molecular complexity index is 670. The van der Waals surface area contributed by atoms with Crippen LogP contribution in [0.4, 0.5) is 4.79 Å². The van der Waals surface area contributed by atoms with Crippen molar-refractivity contribution in [3.63, 3.8) is 0 Å². The van der Waals surface area contributed by atoms with Crippen molar-refractivity contribution in [2.24, 2.45) is 0 Å². The third-order valence-corrected chi connectivity index (χ3v) is 10.7. The van der Waals surface area contributed by atoms with Crippen LogP contribution in [0.25, 0.3) is 0 Å². The average Bonchev–Trinajstić information content (AvgIpc) is 2.47. The number of hydrogen-bond acceptors (Lipinski definition) is 2. The monoisotopic (exact) mass is 397 g/mol. The van der Waals surface area contributed by atoms with Crippen molar-refractivity contribution in [3.05, 3.63) is 34.3 Å². The molecule has 0 saturated carbocycles. The second kappa shape index (κ2) is 7.53. The molecule has 0 unspecified atom stereocenters. The number of fused-ring (bicyclic) bond motifs is 1. The molecule has 2 rings (SSSR count). The van der Waals surface area contributed by atoms with E-state index in [1.165, 1.54) is 4.90 Å². The summed E-state index contributed by atoms with van der Waals surface area (Å²) >= 11 is 6.55.